The molecule has 5 rings (SSSR count). The molecule has 0 bridgehead atoms. The van der Waals surface area contributed by atoms with Crippen LogP contribution < -0.4 is 19.7 Å². The van der Waals surface area contributed by atoms with E-state index in [2.05, 4.69) is 20.4 Å². The van der Waals surface area contributed by atoms with E-state index < -0.39 is 0 Å². The summed E-state index contributed by atoms with van der Waals surface area (Å²) in [5.41, 5.74) is 2.78. The van der Waals surface area contributed by atoms with E-state index in [4.69, 9.17) is 14.6 Å². The smallest absolute Gasteiger partial charge is 0.226 e. The Morgan fingerprint density at radius 2 is 1.72 bits per heavy atom. The second-order valence-electron chi connectivity index (χ2n) is 8.12. The molecule has 1 amide bonds. The average Bonchev–Trinajstić information content (AvgIpc) is 3.47. The van der Waals surface area contributed by atoms with Crippen molar-refractivity contribution >= 4 is 17.5 Å². The fourth-order valence-corrected chi connectivity index (χ4v) is 4.61. The molecule has 0 radical (unpaired) electrons. The molecule has 1 atom stereocenters. The number of nitrogens with one attached hydrogen (secondary N) is 1. The number of aryl methyl sites for hydroxylation is 1. The predicted molar refractivity (Wildman–Crippen MR) is 120 cm³/mol. The van der Waals surface area contributed by atoms with Crippen molar-refractivity contribution in [2.45, 2.75) is 32.1 Å². The Hall–Kier alpha value is -3.62. The van der Waals surface area contributed by atoms with Crippen LogP contribution in [0, 0.1) is 6.92 Å². The number of benzene rings is 1. The van der Waals surface area contributed by atoms with E-state index in [9.17, 15) is 4.79 Å². The number of fused-ring (bicyclic) bond motifs is 1. The molecule has 0 aliphatic carbocycles. The van der Waals surface area contributed by atoms with E-state index in [0.29, 0.717) is 29.6 Å². The zero-order valence-corrected chi connectivity index (χ0v) is 18.5. The topological polar surface area (TPSA) is 94.4 Å². The molecule has 3 aromatic rings. The third-order valence-corrected chi connectivity index (χ3v) is 6.20. The minimum absolute atomic E-state index is 0.0694. The van der Waals surface area contributed by atoms with Crippen LogP contribution >= 0.6 is 0 Å². The van der Waals surface area contributed by atoms with E-state index >= 15 is 0 Å². The standard InChI is InChI=1S/C23H26N6O3/c1-14-22-16(15-6-7-17(31-2)18(12-15)32-3)13-21(30)24-23(22)29(27-14)20-9-8-19(25-26-20)28-10-4-5-11-28/h6-9,12,16H,4-5,10-11,13H2,1-3H3,(H,24,30)/t16-/m0/s1. The fraction of sp³-hybridized carbons (Fsp3) is 0.391. The van der Waals surface area contributed by atoms with E-state index in [0.717, 1.165) is 35.7 Å². The lowest BCUT2D eigenvalue weighted by Crippen LogP contribution is -2.25. The number of rotatable bonds is 5. The molecule has 2 aromatic heterocycles. The number of amides is 1. The number of hydrogen-bond acceptors (Lipinski definition) is 7. The number of carbonyl (C=O) groups excluding carboxylic acids is 1. The molecule has 4 heterocycles. The Bertz CT molecular complexity index is 1150. The van der Waals surface area contributed by atoms with Gasteiger partial charge in [-0.3, -0.25) is 4.79 Å². The van der Waals surface area contributed by atoms with Crippen LogP contribution in [0.2, 0.25) is 0 Å². The highest BCUT2D eigenvalue weighted by Crippen LogP contribution is 2.42. The molecule has 2 aliphatic rings. The molecule has 2 aliphatic heterocycles. The van der Waals surface area contributed by atoms with Crippen molar-refractivity contribution in [1.29, 1.82) is 0 Å². The van der Waals surface area contributed by atoms with Crippen LogP contribution in [0.5, 0.6) is 11.5 Å². The van der Waals surface area contributed by atoms with Gasteiger partial charge >= 0.3 is 0 Å². The number of nitrogens with zero attached hydrogens (tertiary/aromatic N) is 5. The van der Waals surface area contributed by atoms with Crippen LogP contribution in [0.4, 0.5) is 11.6 Å². The summed E-state index contributed by atoms with van der Waals surface area (Å²) in [4.78, 5) is 14.9. The van der Waals surface area contributed by atoms with E-state index in [1.807, 2.05) is 37.3 Å². The molecular formula is C23H26N6O3. The minimum atomic E-state index is -0.149. The third kappa shape index (κ3) is 3.43. The number of aromatic nitrogens is 4. The van der Waals surface area contributed by atoms with Gasteiger partial charge in [0.05, 0.1) is 19.9 Å². The highest BCUT2D eigenvalue weighted by Gasteiger charge is 2.33. The third-order valence-electron chi connectivity index (χ3n) is 6.20. The van der Waals surface area contributed by atoms with Gasteiger partial charge in [0.15, 0.2) is 23.1 Å². The van der Waals surface area contributed by atoms with Crippen molar-refractivity contribution in [2.75, 3.05) is 37.5 Å². The molecule has 1 aromatic carbocycles. The Kier molecular flexibility index (Phi) is 5.16. The quantitative estimate of drug-likeness (QED) is 0.659. The molecule has 32 heavy (non-hydrogen) atoms. The van der Waals surface area contributed by atoms with Gasteiger partial charge in [0.2, 0.25) is 5.91 Å². The summed E-state index contributed by atoms with van der Waals surface area (Å²) in [5.74, 6) is 3.15. The molecule has 9 nitrogen and oxygen atoms in total. The normalized spacial score (nSPS) is 17.8. The van der Waals surface area contributed by atoms with Gasteiger partial charge in [-0.25, -0.2) is 0 Å². The van der Waals surface area contributed by atoms with Gasteiger partial charge in [-0.15, -0.1) is 10.2 Å². The second kappa shape index (κ2) is 8.14. The lowest BCUT2D eigenvalue weighted by atomic mass is 9.85. The van der Waals surface area contributed by atoms with Gasteiger partial charge in [-0.2, -0.15) is 9.78 Å². The Labute approximate surface area is 186 Å². The van der Waals surface area contributed by atoms with Crippen LogP contribution in [0.15, 0.2) is 30.3 Å². The number of ether oxygens (including phenoxy) is 2. The molecule has 0 spiro atoms. The van der Waals surface area contributed by atoms with Crippen LogP contribution in [0.1, 0.15) is 42.0 Å². The fourth-order valence-electron chi connectivity index (χ4n) is 4.61. The van der Waals surface area contributed by atoms with Crippen molar-refractivity contribution in [3.63, 3.8) is 0 Å². The van der Waals surface area contributed by atoms with E-state index in [-0.39, 0.29) is 11.8 Å². The van der Waals surface area contributed by atoms with Gasteiger partial charge in [0.1, 0.15) is 5.82 Å². The van der Waals surface area contributed by atoms with Gasteiger partial charge in [0.25, 0.3) is 0 Å². The maximum Gasteiger partial charge on any atom is 0.226 e. The molecule has 0 saturated carbocycles. The maximum atomic E-state index is 12.7. The summed E-state index contributed by atoms with van der Waals surface area (Å²) < 4.78 is 12.5. The number of anilines is 2. The zero-order chi connectivity index (χ0) is 22.2. The van der Waals surface area contributed by atoms with Crippen molar-refractivity contribution in [3.8, 4) is 17.3 Å². The van der Waals surface area contributed by atoms with Gasteiger partial charge in [-0.1, -0.05) is 6.07 Å². The number of carbonyl (C=O) groups is 1. The molecule has 1 N–H and O–H groups in total. The summed E-state index contributed by atoms with van der Waals surface area (Å²) in [6.45, 7) is 3.97. The van der Waals surface area contributed by atoms with E-state index in [1.165, 1.54) is 12.8 Å². The molecule has 1 saturated heterocycles. The monoisotopic (exact) mass is 434 g/mol. The van der Waals surface area contributed by atoms with Gasteiger partial charge in [0, 0.05) is 31.0 Å². The van der Waals surface area contributed by atoms with Crippen molar-refractivity contribution < 1.29 is 14.3 Å². The van der Waals surface area contributed by atoms with Crippen LogP contribution in [0.25, 0.3) is 5.82 Å². The SMILES string of the molecule is COc1ccc([C@@H]2CC(=O)Nc3c2c(C)nn3-c2ccc(N3CCCC3)nn2)cc1OC. The van der Waals surface area contributed by atoms with Crippen LogP contribution in [0.3, 0.4) is 0 Å². The molecule has 0 unspecified atom stereocenters. The average molecular weight is 435 g/mol. The summed E-state index contributed by atoms with van der Waals surface area (Å²) in [6, 6.07) is 9.62. The lowest BCUT2D eigenvalue weighted by molar-refractivity contribution is -0.116. The first kappa shape index (κ1) is 20.3. The summed E-state index contributed by atoms with van der Waals surface area (Å²) in [5, 5.41) is 16.5. The van der Waals surface area contributed by atoms with E-state index in [1.54, 1.807) is 18.9 Å². The number of hydrogen-bond donors (Lipinski definition) is 1. The Balaban J connectivity index is 1.54. The van der Waals surface area contributed by atoms with Crippen molar-refractivity contribution in [3.05, 3.63) is 47.2 Å². The highest BCUT2D eigenvalue weighted by molar-refractivity contribution is 5.95. The number of methoxy groups -OCH3 is 2. The van der Waals surface area contributed by atoms with Gasteiger partial charge < -0.3 is 19.7 Å². The Morgan fingerprint density at radius 3 is 2.41 bits per heavy atom. The first-order valence-electron chi connectivity index (χ1n) is 10.8. The predicted octanol–water partition coefficient (Wildman–Crippen LogP) is 3.06. The summed E-state index contributed by atoms with van der Waals surface area (Å²) in [6.07, 6.45) is 2.69. The van der Waals surface area contributed by atoms with Gasteiger partial charge in [-0.05, 0) is 49.6 Å². The van der Waals surface area contributed by atoms with Crippen LogP contribution in [-0.2, 0) is 4.79 Å². The molecule has 166 valence electrons. The molecule has 1 fully saturated rings. The second-order valence-corrected chi connectivity index (χ2v) is 8.12. The lowest BCUT2D eigenvalue weighted by Gasteiger charge is -2.25. The van der Waals surface area contributed by atoms with Crippen LogP contribution in [-0.4, -0.2) is 53.2 Å². The highest BCUT2D eigenvalue weighted by atomic mass is 16.5. The first-order chi connectivity index (χ1) is 15.6. The van der Waals surface area contributed by atoms with Crippen molar-refractivity contribution in [1.82, 2.24) is 20.0 Å². The largest absolute Gasteiger partial charge is 0.493 e. The maximum absolute atomic E-state index is 12.7. The zero-order valence-electron chi connectivity index (χ0n) is 18.5. The molecule has 9 heteroatoms. The Morgan fingerprint density at radius 1 is 1.00 bits per heavy atom. The van der Waals surface area contributed by atoms with Crippen molar-refractivity contribution in [2.24, 2.45) is 0 Å². The molecular weight excluding hydrogens is 408 g/mol. The summed E-state index contributed by atoms with van der Waals surface area (Å²) >= 11 is 0. The minimum Gasteiger partial charge on any atom is -0.493 e. The first-order valence-corrected chi connectivity index (χ1v) is 10.8. The summed E-state index contributed by atoms with van der Waals surface area (Å²) in [7, 11) is 3.21.